The summed E-state index contributed by atoms with van der Waals surface area (Å²) >= 11 is 0. The van der Waals surface area contributed by atoms with Gasteiger partial charge in [0.05, 0.1) is 18.9 Å². The Balaban J connectivity index is 1.64. The third-order valence-electron chi connectivity index (χ3n) is 5.61. The lowest BCUT2D eigenvalue weighted by Crippen LogP contribution is -2.42. The molecule has 10 nitrogen and oxygen atoms in total. The molecule has 188 valence electrons. The summed E-state index contributed by atoms with van der Waals surface area (Å²) in [6, 6.07) is 4.02. The fourth-order valence-corrected chi connectivity index (χ4v) is 4.77. The van der Waals surface area contributed by atoms with Crippen molar-refractivity contribution in [3.05, 3.63) is 52.5 Å². The van der Waals surface area contributed by atoms with Crippen molar-refractivity contribution in [3.8, 4) is 11.5 Å². The van der Waals surface area contributed by atoms with Crippen molar-refractivity contribution >= 4 is 27.0 Å². The standard InChI is InChI=1S/C22H25F2N5O5S/c1-13(30)12-29-20-14(9-19(21(29)31)34-18-4-3-15(23)10-17(18)24)11-25-22(27-20)26-16-5-7-28(8-6-16)35(2,32)33/h3-4,9-11,13,16,30H,5-8,12H2,1-2H3,(H,25,26,27). The lowest BCUT2D eigenvalue weighted by molar-refractivity contribution is 0.173. The number of anilines is 1. The van der Waals surface area contributed by atoms with Crippen LogP contribution in [0.25, 0.3) is 11.0 Å². The summed E-state index contributed by atoms with van der Waals surface area (Å²) in [5.74, 6) is -2.07. The van der Waals surface area contributed by atoms with Crippen molar-refractivity contribution in [2.75, 3.05) is 24.7 Å². The summed E-state index contributed by atoms with van der Waals surface area (Å²) in [6.07, 6.45) is 2.86. The van der Waals surface area contributed by atoms with E-state index in [9.17, 15) is 27.1 Å². The van der Waals surface area contributed by atoms with E-state index >= 15 is 0 Å². The maximum atomic E-state index is 14.1. The van der Waals surface area contributed by atoms with Crippen LogP contribution >= 0.6 is 0 Å². The molecule has 0 spiro atoms. The van der Waals surface area contributed by atoms with Crippen molar-refractivity contribution in [2.45, 2.75) is 38.5 Å². The average Bonchev–Trinajstić information content (AvgIpc) is 2.78. The second-order valence-corrected chi connectivity index (χ2v) is 10.5. The van der Waals surface area contributed by atoms with Crippen LogP contribution in [0.4, 0.5) is 14.7 Å². The van der Waals surface area contributed by atoms with Gasteiger partial charge >= 0.3 is 0 Å². The normalized spacial score (nSPS) is 16.4. The molecule has 2 aromatic heterocycles. The molecule has 0 radical (unpaired) electrons. The van der Waals surface area contributed by atoms with Crippen molar-refractivity contribution in [1.82, 2.24) is 18.8 Å². The maximum absolute atomic E-state index is 14.1. The van der Waals surface area contributed by atoms with Gasteiger partial charge in [0.25, 0.3) is 5.56 Å². The fraction of sp³-hybridized carbons (Fsp3) is 0.409. The average molecular weight is 510 g/mol. The first-order valence-corrected chi connectivity index (χ1v) is 12.8. The van der Waals surface area contributed by atoms with Gasteiger partial charge < -0.3 is 15.2 Å². The van der Waals surface area contributed by atoms with E-state index in [4.69, 9.17) is 4.74 Å². The molecule has 1 atom stereocenters. The fourth-order valence-electron chi connectivity index (χ4n) is 3.90. The molecule has 2 N–H and O–H groups in total. The molecular weight excluding hydrogens is 484 g/mol. The summed E-state index contributed by atoms with van der Waals surface area (Å²) in [7, 11) is -3.25. The third kappa shape index (κ3) is 5.74. The van der Waals surface area contributed by atoms with Gasteiger partial charge in [-0.05, 0) is 38.0 Å². The molecule has 1 aromatic carbocycles. The molecule has 0 bridgehead atoms. The minimum atomic E-state index is -3.25. The zero-order valence-electron chi connectivity index (χ0n) is 19.1. The van der Waals surface area contributed by atoms with Gasteiger partial charge in [-0.1, -0.05) is 0 Å². The number of aromatic nitrogens is 3. The Morgan fingerprint density at radius 1 is 1.23 bits per heavy atom. The number of aliphatic hydroxyl groups is 1. The van der Waals surface area contributed by atoms with Crippen molar-refractivity contribution in [3.63, 3.8) is 0 Å². The molecule has 1 unspecified atom stereocenters. The Labute approximate surface area is 200 Å². The van der Waals surface area contributed by atoms with Gasteiger partial charge in [0.2, 0.25) is 16.0 Å². The van der Waals surface area contributed by atoms with E-state index in [1.807, 2.05) is 0 Å². The molecule has 1 aliphatic heterocycles. The van der Waals surface area contributed by atoms with E-state index in [0.717, 1.165) is 12.1 Å². The predicted octanol–water partition coefficient (Wildman–Crippen LogP) is 2.08. The van der Waals surface area contributed by atoms with E-state index in [-0.39, 0.29) is 35.7 Å². The van der Waals surface area contributed by atoms with Gasteiger partial charge in [-0.2, -0.15) is 4.98 Å². The molecule has 1 saturated heterocycles. The van der Waals surface area contributed by atoms with Crippen LogP contribution in [-0.4, -0.2) is 63.9 Å². The molecule has 0 aliphatic carbocycles. The zero-order valence-corrected chi connectivity index (χ0v) is 19.9. The van der Waals surface area contributed by atoms with Crippen molar-refractivity contribution in [2.24, 2.45) is 0 Å². The monoisotopic (exact) mass is 509 g/mol. The number of fused-ring (bicyclic) bond motifs is 1. The van der Waals surface area contributed by atoms with E-state index in [2.05, 4.69) is 15.3 Å². The number of nitrogens with zero attached hydrogens (tertiary/aromatic N) is 4. The summed E-state index contributed by atoms with van der Waals surface area (Å²) in [5.41, 5.74) is -0.429. The Morgan fingerprint density at radius 2 is 1.94 bits per heavy atom. The molecule has 4 rings (SSSR count). The van der Waals surface area contributed by atoms with Crippen LogP contribution in [0, 0.1) is 11.6 Å². The minimum absolute atomic E-state index is 0.0635. The summed E-state index contributed by atoms with van der Waals surface area (Å²) in [6.45, 7) is 2.14. The molecule has 0 saturated carbocycles. The van der Waals surface area contributed by atoms with Gasteiger partial charge in [0, 0.05) is 36.8 Å². The van der Waals surface area contributed by atoms with Gasteiger partial charge in [-0.15, -0.1) is 0 Å². The van der Waals surface area contributed by atoms with Crippen LogP contribution in [0.15, 0.2) is 35.3 Å². The van der Waals surface area contributed by atoms with Crippen LogP contribution in [0.5, 0.6) is 11.5 Å². The van der Waals surface area contributed by atoms with Crippen molar-refractivity contribution < 1.29 is 27.0 Å². The predicted molar refractivity (Wildman–Crippen MR) is 125 cm³/mol. The molecule has 1 aliphatic rings. The maximum Gasteiger partial charge on any atom is 0.295 e. The van der Waals surface area contributed by atoms with Crippen LogP contribution in [-0.2, 0) is 16.6 Å². The smallest absolute Gasteiger partial charge is 0.295 e. The van der Waals surface area contributed by atoms with Gasteiger partial charge in [0.15, 0.2) is 17.3 Å². The first kappa shape index (κ1) is 24.9. The van der Waals surface area contributed by atoms with E-state index < -0.39 is 33.3 Å². The van der Waals surface area contributed by atoms with Crippen LogP contribution < -0.4 is 15.6 Å². The molecule has 1 fully saturated rings. The second-order valence-electron chi connectivity index (χ2n) is 8.50. The Kier molecular flexibility index (Phi) is 7.01. The number of pyridine rings is 1. The number of sulfonamides is 1. The largest absolute Gasteiger partial charge is 0.448 e. The summed E-state index contributed by atoms with van der Waals surface area (Å²) < 4.78 is 58.8. The number of rotatable bonds is 7. The number of nitrogens with one attached hydrogen (secondary N) is 1. The van der Waals surface area contributed by atoms with Gasteiger partial charge in [-0.3, -0.25) is 9.36 Å². The molecule has 0 amide bonds. The zero-order chi connectivity index (χ0) is 25.3. The Hall–Kier alpha value is -3.16. The highest BCUT2D eigenvalue weighted by Gasteiger charge is 2.25. The van der Waals surface area contributed by atoms with Crippen LogP contribution in [0.3, 0.4) is 0 Å². The number of benzene rings is 1. The number of piperidine rings is 1. The molecule has 13 heteroatoms. The first-order valence-electron chi connectivity index (χ1n) is 10.9. The topological polar surface area (TPSA) is 127 Å². The number of aliphatic hydroxyl groups excluding tert-OH is 1. The lowest BCUT2D eigenvalue weighted by atomic mass is 10.1. The second kappa shape index (κ2) is 9.84. The summed E-state index contributed by atoms with van der Waals surface area (Å²) in [5, 5.41) is 13.5. The van der Waals surface area contributed by atoms with E-state index in [1.165, 1.54) is 34.3 Å². The highest BCUT2D eigenvalue weighted by Crippen LogP contribution is 2.26. The Morgan fingerprint density at radius 3 is 2.57 bits per heavy atom. The van der Waals surface area contributed by atoms with Gasteiger partial charge in [-0.25, -0.2) is 26.5 Å². The van der Waals surface area contributed by atoms with Gasteiger partial charge in [0.1, 0.15) is 11.5 Å². The first-order chi connectivity index (χ1) is 16.5. The van der Waals surface area contributed by atoms with Crippen molar-refractivity contribution in [1.29, 1.82) is 0 Å². The highest BCUT2D eigenvalue weighted by molar-refractivity contribution is 7.88. The number of hydrogen-bond donors (Lipinski definition) is 2. The molecule has 3 aromatic rings. The Bertz CT molecular complexity index is 1410. The van der Waals surface area contributed by atoms with Crippen LogP contribution in [0.1, 0.15) is 19.8 Å². The molecule has 35 heavy (non-hydrogen) atoms. The molecular formula is C22H25F2N5O5S. The SMILES string of the molecule is CC(O)Cn1c(=O)c(Oc2ccc(F)cc2F)cc2cnc(NC3CCN(S(C)(=O)=O)CC3)nc21. The number of halogens is 2. The number of ether oxygens (including phenoxy) is 1. The van der Waals surface area contributed by atoms with E-state index in [1.54, 1.807) is 0 Å². The summed E-state index contributed by atoms with van der Waals surface area (Å²) in [4.78, 5) is 21.9. The third-order valence-corrected chi connectivity index (χ3v) is 6.91. The highest BCUT2D eigenvalue weighted by atomic mass is 32.2. The van der Waals surface area contributed by atoms with Crippen LogP contribution in [0.2, 0.25) is 0 Å². The lowest BCUT2D eigenvalue weighted by Gasteiger charge is -2.30. The minimum Gasteiger partial charge on any atom is -0.448 e. The molecule has 3 heterocycles. The van der Waals surface area contributed by atoms with E-state index in [0.29, 0.717) is 37.4 Å². The number of hydrogen-bond acceptors (Lipinski definition) is 8. The quantitative estimate of drug-likeness (QED) is 0.496.